The smallest absolute Gasteiger partial charge is 0.262 e. The van der Waals surface area contributed by atoms with Crippen LogP contribution in [0.5, 0.6) is 5.88 Å². The molecule has 0 amide bonds. The minimum Gasteiger partial charge on any atom is -0.493 e. The number of nitrogens with one attached hydrogen (secondary N) is 1. The van der Waals surface area contributed by atoms with Crippen LogP contribution in [0.2, 0.25) is 0 Å². The molecule has 0 radical (unpaired) electrons. The Labute approximate surface area is 118 Å². The minimum atomic E-state index is -0.380. The average Bonchev–Trinajstić information content (AvgIpc) is 2.94. The molecule has 0 saturated heterocycles. The number of aromatic nitrogens is 3. The fourth-order valence-corrected chi connectivity index (χ4v) is 2.54. The van der Waals surface area contributed by atoms with Crippen LogP contribution in [0, 0.1) is 6.92 Å². The number of nitrogens with zero attached hydrogens (tertiary/aromatic N) is 2. The third-order valence-electron chi connectivity index (χ3n) is 2.99. The molecule has 2 N–H and O–H groups in total. The summed E-state index contributed by atoms with van der Waals surface area (Å²) in [5.41, 5.74) is 3.55. The zero-order chi connectivity index (χ0) is 14.1. The third-order valence-corrected chi connectivity index (χ3v) is 3.58. The van der Waals surface area contributed by atoms with E-state index in [1.54, 1.807) is 17.0 Å². The lowest BCUT2D eigenvalue weighted by Crippen LogP contribution is -2.12. The van der Waals surface area contributed by atoms with Gasteiger partial charge in [0.05, 0.1) is 5.51 Å². The highest BCUT2D eigenvalue weighted by atomic mass is 32.1. The van der Waals surface area contributed by atoms with Gasteiger partial charge in [-0.25, -0.2) is 4.98 Å². The van der Waals surface area contributed by atoms with Gasteiger partial charge in [-0.2, -0.15) is 4.98 Å². The molecule has 0 atom stereocenters. The summed E-state index contributed by atoms with van der Waals surface area (Å²) in [5.74, 6) is -0.0165. The maximum absolute atomic E-state index is 12.2. The zero-order valence-corrected chi connectivity index (χ0v) is 11.4. The maximum Gasteiger partial charge on any atom is 0.262 e. The molecule has 2 heterocycles. The van der Waals surface area contributed by atoms with Gasteiger partial charge in [0.15, 0.2) is 5.82 Å². The molecule has 0 aliphatic heterocycles. The highest BCUT2D eigenvalue weighted by Crippen LogP contribution is 2.27. The van der Waals surface area contributed by atoms with Crippen molar-refractivity contribution in [1.82, 2.24) is 15.0 Å². The van der Waals surface area contributed by atoms with Crippen LogP contribution < -0.4 is 5.56 Å². The van der Waals surface area contributed by atoms with Crippen molar-refractivity contribution in [3.8, 4) is 28.5 Å². The highest BCUT2D eigenvalue weighted by molar-refractivity contribution is 7.07. The van der Waals surface area contributed by atoms with E-state index >= 15 is 0 Å². The quantitative estimate of drug-likeness (QED) is 0.758. The molecule has 0 spiro atoms. The van der Waals surface area contributed by atoms with Crippen LogP contribution in [-0.2, 0) is 0 Å². The van der Waals surface area contributed by atoms with Crippen LogP contribution in [0.25, 0.3) is 22.6 Å². The first kappa shape index (κ1) is 12.6. The number of aromatic amines is 1. The fraction of sp³-hybridized carbons (Fsp3) is 0.0714. The number of hydrogen-bond donors (Lipinski definition) is 2. The predicted octanol–water partition coefficient (Wildman–Crippen LogP) is 2.57. The van der Waals surface area contributed by atoms with Crippen molar-refractivity contribution < 1.29 is 5.11 Å². The van der Waals surface area contributed by atoms with Gasteiger partial charge >= 0.3 is 0 Å². The van der Waals surface area contributed by atoms with E-state index in [4.69, 9.17) is 0 Å². The topological polar surface area (TPSA) is 78.9 Å². The van der Waals surface area contributed by atoms with Crippen LogP contribution in [0.3, 0.4) is 0 Å². The Morgan fingerprint density at radius 3 is 2.75 bits per heavy atom. The molecular weight excluding hydrogens is 274 g/mol. The number of aryl methyl sites for hydroxylation is 1. The summed E-state index contributed by atoms with van der Waals surface area (Å²) < 4.78 is 0. The van der Waals surface area contributed by atoms with Gasteiger partial charge in [0.1, 0.15) is 11.3 Å². The largest absolute Gasteiger partial charge is 0.493 e. The Hall–Kier alpha value is -2.47. The molecule has 0 saturated carbocycles. The normalized spacial score (nSPS) is 10.7. The molecular formula is C14H11N3O2S. The molecule has 1 aromatic carbocycles. The summed E-state index contributed by atoms with van der Waals surface area (Å²) in [4.78, 5) is 23.0. The van der Waals surface area contributed by atoms with Crippen LogP contribution in [0.1, 0.15) is 5.56 Å². The number of hydrogen-bond acceptors (Lipinski definition) is 5. The Kier molecular flexibility index (Phi) is 3.08. The van der Waals surface area contributed by atoms with E-state index in [2.05, 4.69) is 15.0 Å². The van der Waals surface area contributed by atoms with Gasteiger partial charge in [0.2, 0.25) is 5.88 Å². The van der Waals surface area contributed by atoms with Crippen molar-refractivity contribution in [2.24, 2.45) is 0 Å². The lowest BCUT2D eigenvalue weighted by molar-refractivity contribution is 0.454. The van der Waals surface area contributed by atoms with Gasteiger partial charge in [-0.3, -0.25) is 4.79 Å². The van der Waals surface area contributed by atoms with Gasteiger partial charge in [-0.05, 0) is 18.1 Å². The summed E-state index contributed by atoms with van der Waals surface area (Å²) in [6.45, 7) is 1.88. The average molecular weight is 285 g/mol. The van der Waals surface area contributed by atoms with Crippen molar-refractivity contribution in [2.75, 3.05) is 0 Å². The van der Waals surface area contributed by atoms with Crippen molar-refractivity contribution >= 4 is 11.3 Å². The molecule has 2 aromatic heterocycles. The van der Waals surface area contributed by atoms with E-state index in [1.807, 2.05) is 25.1 Å². The Morgan fingerprint density at radius 2 is 2.10 bits per heavy atom. The lowest BCUT2D eigenvalue weighted by Gasteiger charge is -2.07. The van der Waals surface area contributed by atoms with Crippen molar-refractivity contribution in [2.45, 2.75) is 6.92 Å². The van der Waals surface area contributed by atoms with Gasteiger partial charge in [-0.1, -0.05) is 24.3 Å². The zero-order valence-electron chi connectivity index (χ0n) is 10.6. The van der Waals surface area contributed by atoms with E-state index in [0.29, 0.717) is 11.3 Å². The maximum atomic E-state index is 12.2. The molecule has 0 fully saturated rings. The summed E-state index contributed by atoms with van der Waals surface area (Å²) in [6.07, 6.45) is 0. The van der Waals surface area contributed by atoms with Crippen LogP contribution in [-0.4, -0.2) is 20.1 Å². The van der Waals surface area contributed by atoms with Crippen LogP contribution in [0.15, 0.2) is 40.0 Å². The summed E-state index contributed by atoms with van der Waals surface area (Å²) >= 11 is 1.39. The standard InChI is InChI=1S/C14H11N3O2S/c1-8-4-2-3-5-9(8)11-13(18)16-12(17-14(11)19)10-6-20-7-15-10/h2-7H,1H3,(H2,16,17,18,19). The third kappa shape index (κ3) is 2.10. The number of thiazole rings is 1. The SMILES string of the molecule is Cc1ccccc1-c1c(O)nc(-c2cscn2)[nH]c1=O. The van der Waals surface area contributed by atoms with Gasteiger partial charge < -0.3 is 10.1 Å². The molecule has 3 rings (SSSR count). The van der Waals surface area contributed by atoms with Gasteiger partial charge in [0, 0.05) is 5.38 Å². The molecule has 20 heavy (non-hydrogen) atoms. The number of H-pyrrole nitrogens is 1. The van der Waals surface area contributed by atoms with E-state index in [0.717, 1.165) is 5.56 Å². The molecule has 100 valence electrons. The molecule has 0 aliphatic rings. The monoisotopic (exact) mass is 285 g/mol. The van der Waals surface area contributed by atoms with Crippen molar-refractivity contribution in [3.63, 3.8) is 0 Å². The van der Waals surface area contributed by atoms with Gasteiger partial charge in [0.25, 0.3) is 5.56 Å². The minimum absolute atomic E-state index is 0.182. The summed E-state index contributed by atoms with van der Waals surface area (Å²) in [6, 6.07) is 7.35. The number of benzene rings is 1. The second kappa shape index (κ2) is 4.90. The van der Waals surface area contributed by atoms with E-state index < -0.39 is 0 Å². The second-order valence-corrected chi connectivity index (χ2v) is 5.02. The first-order valence-corrected chi connectivity index (χ1v) is 6.89. The molecule has 5 nitrogen and oxygen atoms in total. The molecule has 6 heteroatoms. The predicted molar refractivity (Wildman–Crippen MR) is 77.8 cm³/mol. The Morgan fingerprint density at radius 1 is 1.30 bits per heavy atom. The van der Waals surface area contributed by atoms with E-state index in [1.165, 1.54) is 11.3 Å². The van der Waals surface area contributed by atoms with Gasteiger partial charge in [-0.15, -0.1) is 11.3 Å². The summed E-state index contributed by atoms with van der Waals surface area (Å²) in [7, 11) is 0. The molecule has 0 bridgehead atoms. The van der Waals surface area contributed by atoms with E-state index in [9.17, 15) is 9.90 Å². The molecule has 3 aromatic rings. The van der Waals surface area contributed by atoms with Crippen molar-refractivity contribution in [1.29, 1.82) is 0 Å². The number of aromatic hydroxyl groups is 1. The number of rotatable bonds is 2. The van der Waals surface area contributed by atoms with Crippen LogP contribution in [0.4, 0.5) is 0 Å². The second-order valence-electron chi connectivity index (χ2n) is 4.30. The van der Waals surface area contributed by atoms with Crippen molar-refractivity contribution in [3.05, 3.63) is 51.1 Å². The molecule has 0 unspecified atom stereocenters. The first-order chi connectivity index (χ1) is 9.66. The Bertz CT molecular complexity index is 810. The highest BCUT2D eigenvalue weighted by Gasteiger charge is 2.15. The van der Waals surface area contributed by atoms with Crippen LogP contribution >= 0.6 is 11.3 Å². The fourth-order valence-electron chi connectivity index (χ4n) is 2.01. The lowest BCUT2D eigenvalue weighted by atomic mass is 10.0. The first-order valence-electron chi connectivity index (χ1n) is 5.94. The van der Waals surface area contributed by atoms with E-state index in [-0.39, 0.29) is 22.8 Å². The molecule has 0 aliphatic carbocycles. The Balaban J connectivity index is 2.20. The summed E-state index contributed by atoms with van der Waals surface area (Å²) in [5, 5.41) is 11.8.